The van der Waals surface area contributed by atoms with Crippen molar-refractivity contribution in [2.75, 3.05) is 12.3 Å². The third kappa shape index (κ3) is 5.24. The molecule has 1 nitrogen and oxygen atoms in total. The van der Waals surface area contributed by atoms with Crippen molar-refractivity contribution in [2.45, 2.75) is 32.4 Å². The SMILES string of the molecule is Cc1cc(C)cc(CSCCCCN)c1. The Hall–Kier alpha value is -0.470. The molecule has 0 bridgehead atoms. The summed E-state index contributed by atoms with van der Waals surface area (Å²) in [5.41, 5.74) is 9.64. The molecule has 1 aromatic rings. The zero-order valence-corrected chi connectivity index (χ0v) is 10.6. The van der Waals surface area contributed by atoms with E-state index in [1.807, 2.05) is 11.8 Å². The summed E-state index contributed by atoms with van der Waals surface area (Å²) in [7, 11) is 0. The number of hydrogen-bond donors (Lipinski definition) is 1. The molecule has 15 heavy (non-hydrogen) atoms. The fraction of sp³-hybridized carbons (Fsp3) is 0.538. The van der Waals surface area contributed by atoms with Gasteiger partial charge in [-0.3, -0.25) is 0 Å². The van der Waals surface area contributed by atoms with Crippen molar-refractivity contribution in [3.63, 3.8) is 0 Å². The summed E-state index contributed by atoms with van der Waals surface area (Å²) < 4.78 is 0. The van der Waals surface area contributed by atoms with Gasteiger partial charge in [0.25, 0.3) is 0 Å². The lowest BCUT2D eigenvalue weighted by molar-refractivity contribution is 0.814. The van der Waals surface area contributed by atoms with E-state index >= 15 is 0 Å². The lowest BCUT2D eigenvalue weighted by atomic mass is 10.1. The molecule has 1 rings (SSSR count). The van der Waals surface area contributed by atoms with Crippen LogP contribution >= 0.6 is 11.8 Å². The Morgan fingerprint density at radius 1 is 1.07 bits per heavy atom. The van der Waals surface area contributed by atoms with Gasteiger partial charge in [-0.1, -0.05) is 29.3 Å². The lowest BCUT2D eigenvalue weighted by Gasteiger charge is -2.04. The Bertz CT molecular complexity index is 276. The van der Waals surface area contributed by atoms with Gasteiger partial charge in [0.1, 0.15) is 0 Å². The minimum absolute atomic E-state index is 0.824. The topological polar surface area (TPSA) is 26.0 Å². The number of aryl methyl sites for hydroxylation is 2. The van der Waals surface area contributed by atoms with Crippen LogP contribution in [0.25, 0.3) is 0 Å². The highest BCUT2D eigenvalue weighted by molar-refractivity contribution is 7.98. The molecular weight excluding hydrogens is 202 g/mol. The van der Waals surface area contributed by atoms with E-state index < -0.39 is 0 Å². The van der Waals surface area contributed by atoms with Crippen LogP contribution in [0.2, 0.25) is 0 Å². The fourth-order valence-electron chi connectivity index (χ4n) is 1.69. The molecule has 0 radical (unpaired) electrons. The van der Waals surface area contributed by atoms with Crippen molar-refractivity contribution in [1.29, 1.82) is 0 Å². The first-order valence-electron chi connectivity index (χ1n) is 5.57. The maximum absolute atomic E-state index is 5.45. The summed E-state index contributed by atoms with van der Waals surface area (Å²) in [6, 6.07) is 6.79. The second-order valence-electron chi connectivity index (χ2n) is 4.04. The molecule has 0 atom stereocenters. The van der Waals surface area contributed by atoms with E-state index in [9.17, 15) is 0 Å². The van der Waals surface area contributed by atoms with Crippen LogP contribution < -0.4 is 5.73 Å². The predicted octanol–water partition coefficient (Wildman–Crippen LogP) is 3.28. The largest absolute Gasteiger partial charge is 0.330 e. The van der Waals surface area contributed by atoms with E-state index in [1.54, 1.807) is 0 Å². The molecular formula is C13H21NS. The second kappa shape index (κ2) is 6.91. The highest BCUT2D eigenvalue weighted by atomic mass is 32.2. The lowest BCUT2D eigenvalue weighted by Crippen LogP contribution is -1.98. The van der Waals surface area contributed by atoms with E-state index in [4.69, 9.17) is 5.73 Å². The summed E-state index contributed by atoms with van der Waals surface area (Å²) >= 11 is 2.01. The summed E-state index contributed by atoms with van der Waals surface area (Å²) in [6.07, 6.45) is 2.39. The van der Waals surface area contributed by atoms with E-state index in [0.29, 0.717) is 0 Å². The van der Waals surface area contributed by atoms with Crippen molar-refractivity contribution in [3.05, 3.63) is 34.9 Å². The molecule has 0 fully saturated rings. The Morgan fingerprint density at radius 3 is 2.33 bits per heavy atom. The van der Waals surface area contributed by atoms with E-state index in [-0.39, 0.29) is 0 Å². The number of rotatable bonds is 6. The second-order valence-corrected chi connectivity index (χ2v) is 5.15. The van der Waals surface area contributed by atoms with Crippen LogP contribution in [0.1, 0.15) is 29.5 Å². The number of thioether (sulfide) groups is 1. The van der Waals surface area contributed by atoms with Crippen molar-refractivity contribution in [3.8, 4) is 0 Å². The minimum Gasteiger partial charge on any atom is -0.330 e. The van der Waals surface area contributed by atoms with Crippen LogP contribution in [-0.4, -0.2) is 12.3 Å². The van der Waals surface area contributed by atoms with Gasteiger partial charge in [0.15, 0.2) is 0 Å². The van der Waals surface area contributed by atoms with Crippen LogP contribution in [0.15, 0.2) is 18.2 Å². The molecule has 0 unspecified atom stereocenters. The van der Waals surface area contributed by atoms with Crippen LogP contribution in [0.5, 0.6) is 0 Å². The smallest absolute Gasteiger partial charge is 0.0184 e. The molecule has 1 aromatic carbocycles. The zero-order valence-electron chi connectivity index (χ0n) is 9.75. The Balaban J connectivity index is 2.31. The number of hydrogen-bond acceptors (Lipinski definition) is 2. The van der Waals surface area contributed by atoms with Crippen molar-refractivity contribution in [1.82, 2.24) is 0 Å². The average molecular weight is 223 g/mol. The van der Waals surface area contributed by atoms with Crippen LogP contribution in [0.4, 0.5) is 0 Å². The summed E-state index contributed by atoms with van der Waals surface area (Å²) in [5.74, 6) is 2.36. The maximum atomic E-state index is 5.45. The molecule has 0 saturated carbocycles. The Morgan fingerprint density at radius 2 is 1.73 bits per heavy atom. The minimum atomic E-state index is 0.824. The van der Waals surface area contributed by atoms with E-state index in [1.165, 1.54) is 28.9 Å². The molecule has 0 saturated heterocycles. The van der Waals surface area contributed by atoms with Gasteiger partial charge < -0.3 is 5.73 Å². The highest BCUT2D eigenvalue weighted by Crippen LogP contribution is 2.16. The number of nitrogens with two attached hydrogens (primary N) is 1. The first-order chi connectivity index (χ1) is 7.22. The zero-order chi connectivity index (χ0) is 11.1. The van der Waals surface area contributed by atoms with Gasteiger partial charge in [-0.05, 0) is 44.6 Å². The van der Waals surface area contributed by atoms with Crippen LogP contribution in [-0.2, 0) is 5.75 Å². The average Bonchev–Trinajstić information content (AvgIpc) is 2.16. The third-order valence-electron chi connectivity index (χ3n) is 2.29. The van der Waals surface area contributed by atoms with Gasteiger partial charge in [-0.2, -0.15) is 11.8 Å². The molecule has 2 N–H and O–H groups in total. The molecule has 0 amide bonds. The molecule has 0 aliphatic rings. The van der Waals surface area contributed by atoms with Gasteiger partial charge in [0.05, 0.1) is 0 Å². The van der Waals surface area contributed by atoms with Gasteiger partial charge in [-0.15, -0.1) is 0 Å². The van der Waals surface area contributed by atoms with Gasteiger partial charge in [0, 0.05) is 5.75 Å². The quantitative estimate of drug-likeness (QED) is 0.749. The molecule has 0 aromatic heterocycles. The first kappa shape index (κ1) is 12.6. The third-order valence-corrected chi connectivity index (χ3v) is 3.41. The van der Waals surface area contributed by atoms with Crippen LogP contribution in [0, 0.1) is 13.8 Å². The standard InChI is InChI=1S/C13H21NS/c1-11-7-12(2)9-13(8-11)10-15-6-4-3-5-14/h7-9H,3-6,10,14H2,1-2H3. The summed E-state index contributed by atoms with van der Waals surface area (Å²) in [6.45, 7) is 5.15. The van der Waals surface area contributed by atoms with Crippen molar-refractivity contribution < 1.29 is 0 Å². The summed E-state index contributed by atoms with van der Waals surface area (Å²) in [5, 5.41) is 0. The molecule has 0 heterocycles. The van der Waals surface area contributed by atoms with Crippen molar-refractivity contribution in [2.24, 2.45) is 5.73 Å². The predicted molar refractivity (Wildman–Crippen MR) is 70.4 cm³/mol. The maximum Gasteiger partial charge on any atom is 0.0184 e. The molecule has 84 valence electrons. The molecule has 0 spiro atoms. The van der Waals surface area contributed by atoms with Gasteiger partial charge in [0.2, 0.25) is 0 Å². The summed E-state index contributed by atoms with van der Waals surface area (Å²) in [4.78, 5) is 0. The Kier molecular flexibility index (Phi) is 5.81. The van der Waals surface area contributed by atoms with E-state index in [0.717, 1.165) is 18.7 Å². The molecule has 0 aliphatic heterocycles. The normalized spacial score (nSPS) is 10.6. The molecule has 0 aliphatic carbocycles. The monoisotopic (exact) mass is 223 g/mol. The molecule has 2 heteroatoms. The van der Waals surface area contributed by atoms with E-state index in [2.05, 4.69) is 32.0 Å². The van der Waals surface area contributed by atoms with Crippen molar-refractivity contribution >= 4 is 11.8 Å². The Labute approximate surface area is 97.4 Å². The highest BCUT2D eigenvalue weighted by Gasteiger charge is 1.96. The first-order valence-corrected chi connectivity index (χ1v) is 6.73. The van der Waals surface area contributed by atoms with Gasteiger partial charge in [-0.25, -0.2) is 0 Å². The number of benzene rings is 1. The fourth-order valence-corrected chi connectivity index (χ4v) is 2.65. The van der Waals surface area contributed by atoms with Gasteiger partial charge >= 0.3 is 0 Å². The van der Waals surface area contributed by atoms with Crippen LogP contribution in [0.3, 0.4) is 0 Å². The number of unbranched alkanes of at least 4 members (excludes halogenated alkanes) is 1.